The number of hydrogen-bond acceptors (Lipinski definition) is 5. The van der Waals surface area contributed by atoms with Gasteiger partial charge >= 0.3 is 5.97 Å². The summed E-state index contributed by atoms with van der Waals surface area (Å²) in [6.07, 6.45) is 0.683. The topological polar surface area (TPSA) is 78.6 Å². The first kappa shape index (κ1) is 19.7. The summed E-state index contributed by atoms with van der Waals surface area (Å²) in [6, 6.07) is 7.52. The molecule has 0 aromatic heterocycles. The molecule has 0 radical (unpaired) electrons. The third-order valence-electron chi connectivity index (χ3n) is 4.72. The molecule has 6 heteroatoms. The molecule has 5 nitrogen and oxygen atoms in total. The van der Waals surface area contributed by atoms with Crippen LogP contribution in [0.15, 0.2) is 51.5 Å². The third-order valence-corrected chi connectivity index (χ3v) is 5.25. The molecule has 0 saturated carbocycles. The highest BCUT2D eigenvalue weighted by atomic mass is 79.9. The smallest absolute Gasteiger partial charge is 0.340 e. The zero-order chi connectivity index (χ0) is 19.9. The summed E-state index contributed by atoms with van der Waals surface area (Å²) in [4.78, 5) is 25.8. The minimum Gasteiger partial charge on any atom is -0.459 e. The quantitative estimate of drug-likeness (QED) is 0.717. The molecule has 1 aromatic carbocycles. The zero-order valence-electron chi connectivity index (χ0n) is 16.0. The van der Waals surface area contributed by atoms with Gasteiger partial charge in [0.1, 0.15) is 11.3 Å². The molecule has 27 heavy (non-hydrogen) atoms. The summed E-state index contributed by atoms with van der Waals surface area (Å²) in [5, 5.41) is 0. The number of ether oxygens (including phenoxy) is 2. The highest BCUT2D eigenvalue weighted by Crippen LogP contribution is 2.48. The lowest BCUT2D eigenvalue weighted by Gasteiger charge is -2.38. The van der Waals surface area contributed by atoms with E-state index in [0.717, 1.165) is 10.0 Å². The molecule has 1 aromatic rings. The zero-order valence-corrected chi connectivity index (χ0v) is 17.6. The molecule has 1 aliphatic carbocycles. The van der Waals surface area contributed by atoms with Crippen LogP contribution in [0, 0.1) is 5.41 Å². The number of Topliss-reactive ketones (excluding diaryl/α,β-unsaturated/α-hetero) is 1. The summed E-state index contributed by atoms with van der Waals surface area (Å²) in [5.41, 5.74) is 7.46. The fraction of sp³-hybridized carbons (Fsp3) is 0.429. The predicted molar refractivity (Wildman–Crippen MR) is 105 cm³/mol. The number of rotatable bonds is 3. The van der Waals surface area contributed by atoms with Crippen molar-refractivity contribution >= 4 is 27.7 Å². The fourth-order valence-electron chi connectivity index (χ4n) is 3.65. The standard InChI is InChI=1S/C21H24BrNO4/c1-11(2)26-20(25)18-16(12-5-7-13(22)8-6-12)17-14(24)9-21(3,4)10-15(17)27-19(18)23/h5-8,11,16H,9-10,23H2,1-4H3. The molecule has 0 amide bonds. The van der Waals surface area contributed by atoms with E-state index in [4.69, 9.17) is 15.2 Å². The highest BCUT2D eigenvalue weighted by molar-refractivity contribution is 9.10. The maximum atomic E-state index is 13.0. The second kappa shape index (κ2) is 7.15. The van der Waals surface area contributed by atoms with Crippen molar-refractivity contribution < 1.29 is 19.1 Å². The Labute approximate surface area is 167 Å². The molecular formula is C21H24BrNO4. The van der Waals surface area contributed by atoms with Gasteiger partial charge in [-0.2, -0.15) is 0 Å². The number of hydrogen-bond donors (Lipinski definition) is 1. The second-order valence-corrected chi connectivity index (χ2v) is 9.01. The third kappa shape index (κ3) is 3.95. The summed E-state index contributed by atoms with van der Waals surface area (Å²) < 4.78 is 12.1. The Kier molecular flexibility index (Phi) is 5.21. The number of esters is 1. The molecule has 0 saturated heterocycles. The Bertz CT molecular complexity index is 849. The lowest BCUT2D eigenvalue weighted by atomic mass is 9.70. The van der Waals surface area contributed by atoms with Crippen molar-refractivity contribution in [2.75, 3.05) is 0 Å². The van der Waals surface area contributed by atoms with Crippen molar-refractivity contribution in [3.63, 3.8) is 0 Å². The second-order valence-electron chi connectivity index (χ2n) is 8.10. The molecule has 3 rings (SSSR count). The molecule has 0 fully saturated rings. The average Bonchev–Trinajstić information content (AvgIpc) is 2.52. The average molecular weight is 434 g/mol. The van der Waals surface area contributed by atoms with Crippen molar-refractivity contribution in [2.45, 2.75) is 52.6 Å². The van der Waals surface area contributed by atoms with E-state index in [9.17, 15) is 9.59 Å². The van der Waals surface area contributed by atoms with Crippen LogP contribution < -0.4 is 5.73 Å². The predicted octanol–water partition coefficient (Wildman–Crippen LogP) is 4.33. The summed E-state index contributed by atoms with van der Waals surface area (Å²) in [7, 11) is 0. The van der Waals surface area contributed by atoms with Crippen molar-refractivity contribution in [2.24, 2.45) is 11.1 Å². The Morgan fingerprint density at radius 3 is 2.48 bits per heavy atom. The van der Waals surface area contributed by atoms with Crippen LogP contribution in [0.2, 0.25) is 0 Å². The highest BCUT2D eigenvalue weighted by Gasteiger charge is 2.45. The van der Waals surface area contributed by atoms with Crippen LogP contribution in [0.1, 0.15) is 52.0 Å². The van der Waals surface area contributed by atoms with E-state index < -0.39 is 11.9 Å². The monoisotopic (exact) mass is 433 g/mol. The van der Waals surface area contributed by atoms with E-state index in [1.54, 1.807) is 13.8 Å². The first-order chi connectivity index (χ1) is 12.6. The summed E-state index contributed by atoms with van der Waals surface area (Å²) >= 11 is 3.42. The van der Waals surface area contributed by atoms with Gasteiger partial charge in [0.15, 0.2) is 5.78 Å². The van der Waals surface area contributed by atoms with Crippen LogP contribution in [-0.4, -0.2) is 17.9 Å². The number of allylic oxidation sites excluding steroid dienone is 2. The maximum Gasteiger partial charge on any atom is 0.340 e. The van der Waals surface area contributed by atoms with Gasteiger partial charge in [0.05, 0.1) is 12.0 Å². The number of carbonyl (C=O) groups is 2. The van der Waals surface area contributed by atoms with Crippen LogP contribution in [0.4, 0.5) is 0 Å². The molecule has 0 bridgehead atoms. The van der Waals surface area contributed by atoms with Gasteiger partial charge in [-0.3, -0.25) is 4.79 Å². The molecule has 0 spiro atoms. The lowest BCUT2D eigenvalue weighted by Crippen LogP contribution is -2.36. The summed E-state index contributed by atoms with van der Waals surface area (Å²) in [6.45, 7) is 7.59. The minimum absolute atomic E-state index is 0.0119. The Hall–Kier alpha value is -2.08. The van der Waals surface area contributed by atoms with Crippen LogP contribution in [0.3, 0.4) is 0 Å². The minimum atomic E-state index is -0.586. The van der Waals surface area contributed by atoms with Gasteiger partial charge in [-0.05, 0) is 37.0 Å². The fourth-order valence-corrected chi connectivity index (χ4v) is 3.91. The van der Waals surface area contributed by atoms with Gasteiger partial charge in [-0.25, -0.2) is 4.79 Å². The first-order valence-electron chi connectivity index (χ1n) is 8.99. The SMILES string of the molecule is CC(C)OC(=O)C1=C(N)OC2=C(C(=O)CC(C)(C)C2)C1c1ccc(Br)cc1. The van der Waals surface area contributed by atoms with E-state index in [2.05, 4.69) is 15.9 Å². The van der Waals surface area contributed by atoms with Crippen molar-refractivity contribution in [1.29, 1.82) is 0 Å². The van der Waals surface area contributed by atoms with Gasteiger partial charge < -0.3 is 15.2 Å². The van der Waals surface area contributed by atoms with Crippen LogP contribution in [0.5, 0.6) is 0 Å². The molecule has 1 atom stereocenters. The number of halogens is 1. The molecule has 1 aliphatic heterocycles. The number of ketones is 1. The van der Waals surface area contributed by atoms with Gasteiger partial charge in [0.25, 0.3) is 0 Å². The van der Waals surface area contributed by atoms with Crippen LogP contribution >= 0.6 is 15.9 Å². The molecule has 1 unspecified atom stereocenters. The van der Waals surface area contributed by atoms with Crippen molar-refractivity contribution in [3.8, 4) is 0 Å². The maximum absolute atomic E-state index is 13.0. The molecule has 1 heterocycles. The Morgan fingerprint density at radius 1 is 1.26 bits per heavy atom. The van der Waals surface area contributed by atoms with Gasteiger partial charge in [-0.15, -0.1) is 0 Å². The van der Waals surface area contributed by atoms with Gasteiger partial charge in [-0.1, -0.05) is 41.9 Å². The van der Waals surface area contributed by atoms with E-state index >= 15 is 0 Å². The van der Waals surface area contributed by atoms with Crippen molar-refractivity contribution in [1.82, 2.24) is 0 Å². The van der Waals surface area contributed by atoms with E-state index in [1.165, 1.54) is 0 Å². The Balaban J connectivity index is 2.15. The molecule has 2 aliphatic rings. The van der Waals surface area contributed by atoms with Crippen LogP contribution in [-0.2, 0) is 19.1 Å². The van der Waals surface area contributed by atoms with E-state index in [-0.39, 0.29) is 28.8 Å². The van der Waals surface area contributed by atoms with E-state index in [1.807, 2.05) is 38.1 Å². The Morgan fingerprint density at radius 2 is 1.89 bits per heavy atom. The molecule has 2 N–H and O–H groups in total. The van der Waals surface area contributed by atoms with Crippen molar-refractivity contribution in [3.05, 3.63) is 57.1 Å². The van der Waals surface area contributed by atoms with Crippen LogP contribution in [0.25, 0.3) is 0 Å². The first-order valence-corrected chi connectivity index (χ1v) is 9.78. The normalized spacial score (nSPS) is 21.9. The lowest BCUT2D eigenvalue weighted by molar-refractivity contribution is -0.143. The van der Waals surface area contributed by atoms with Gasteiger partial charge in [0.2, 0.25) is 5.88 Å². The number of benzene rings is 1. The van der Waals surface area contributed by atoms with E-state index in [0.29, 0.717) is 24.2 Å². The number of carbonyl (C=O) groups excluding carboxylic acids is 2. The molecular weight excluding hydrogens is 410 g/mol. The number of nitrogens with two attached hydrogens (primary N) is 1. The largest absolute Gasteiger partial charge is 0.459 e. The van der Waals surface area contributed by atoms with Gasteiger partial charge in [0, 0.05) is 22.9 Å². The molecule has 144 valence electrons. The summed E-state index contributed by atoms with van der Waals surface area (Å²) in [5.74, 6) is -0.589.